The van der Waals surface area contributed by atoms with Crippen LogP contribution in [0.15, 0.2) is 66.9 Å². The van der Waals surface area contributed by atoms with Crippen molar-refractivity contribution in [3.63, 3.8) is 0 Å². The van der Waals surface area contributed by atoms with E-state index in [4.69, 9.17) is 5.11 Å². The molecular weight excluding hydrogens is 384 g/mol. The first kappa shape index (κ1) is 19.3. The zero-order chi connectivity index (χ0) is 20.0. The molecule has 0 radical (unpaired) electrons. The molecule has 0 unspecified atom stereocenters. The third-order valence-corrected chi connectivity index (χ3v) is 4.51. The maximum atomic E-state index is 12.4. The Morgan fingerprint density at radius 3 is 2.32 bits per heavy atom. The monoisotopic (exact) mass is 400 g/mol. The lowest BCUT2D eigenvalue weighted by Crippen LogP contribution is -2.30. The van der Waals surface area contributed by atoms with Crippen molar-refractivity contribution >= 4 is 22.2 Å². The molecule has 0 fully saturated rings. The molecule has 10 heteroatoms. The number of hydrogen-bond acceptors (Lipinski definition) is 6. The highest BCUT2D eigenvalue weighted by atomic mass is 32.2. The molecule has 0 amide bonds. The standard InChI is InChI=1S/C18H16N4O5S/c23-18(24)27-15-12-19-16(14-9-5-2-6-10-14)21-17(15)22-28(25,26)20-11-13-7-3-1-4-8-13/h1-10,12,20H,11H2,(H,23,24)(H,19,21,22). The van der Waals surface area contributed by atoms with E-state index < -0.39 is 16.4 Å². The second kappa shape index (κ2) is 8.46. The summed E-state index contributed by atoms with van der Waals surface area (Å²) in [6.45, 7) is 0.0436. The van der Waals surface area contributed by atoms with E-state index in [0.29, 0.717) is 5.56 Å². The molecule has 3 aromatic rings. The average molecular weight is 400 g/mol. The number of benzene rings is 2. The van der Waals surface area contributed by atoms with Crippen molar-refractivity contribution in [2.24, 2.45) is 0 Å². The van der Waals surface area contributed by atoms with Gasteiger partial charge >= 0.3 is 16.4 Å². The Morgan fingerprint density at radius 1 is 1.04 bits per heavy atom. The molecule has 0 bridgehead atoms. The number of ether oxygens (including phenoxy) is 1. The predicted octanol–water partition coefficient (Wildman–Crippen LogP) is 2.65. The largest absolute Gasteiger partial charge is 0.511 e. The fraction of sp³-hybridized carbons (Fsp3) is 0.0556. The minimum absolute atomic E-state index is 0.0436. The summed E-state index contributed by atoms with van der Waals surface area (Å²) >= 11 is 0. The van der Waals surface area contributed by atoms with E-state index in [1.165, 1.54) is 0 Å². The molecule has 0 spiro atoms. The Balaban J connectivity index is 1.86. The molecule has 0 atom stereocenters. The number of carboxylic acid groups (broad SMARTS) is 1. The van der Waals surface area contributed by atoms with Crippen LogP contribution in [0, 0.1) is 0 Å². The topological polar surface area (TPSA) is 131 Å². The number of hydrogen-bond donors (Lipinski definition) is 3. The fourth-order valence-corrected chi connectivity index (χ4v) is 3.11. The number of rotatable bonds is 7. The zero-order valence-corrected chi connectivity index (χ0v) is 15.3. The van der Waals surface area contributed by atoms with Gasteiger partial charge in [-0.15, -0.1) is 0 Å². The molecule has 2 aromatic carbocycles. The molecule has 1 heterocycles. The fourth-order valence-electron chi connectivity index (χ4n) is 2.28. The van der Waals surface area contributed by atoms with Crippen LogP contribution in [0.5, 0.6) is 5.75 Å². The highest BCUT2D eigenvalue weighted by Crippen LogP contribution is 2.25. The number of aromatic nitrogens is 2. The van der Waals surface area contributed by atoms with E-state index in [1.54, 1.807) is 48.5 Å². The third-order valence-electron chi connectivity index (χ3n) is 3.52. The van der Waals surface area contributed by atoms with Gasteiger partial charge in [0.1, 0.15) is 0 Å². The lowest BCUT2D eigenvalue weighted by molar-refractivity contribution is 0.144. The van der Waals surface area contributed by atoms with E-state index in [2.05, 4.69) is 24.1 Å². The number of nitrogens with zero attached hydrogens (tertiary/aromatic N) is 2. The highest BCUT2D eigenvalue weighted by Gasteiger charge is 2.18. The zero-order valence-electron chi connectivity index (χ0n) is 14.4. The Morgan fingerprint density at radius 2 is 1.68 bits per heavy atom. The second-order valence-electron chi connectivity index (χ2n) is 5.55. The average Bonchev–Trinajstić information content (AvgIpc) is 2.69. The van der Waals surface area contributed by atoms with Gasteiger partial charge in [0, 0.05) is 12.1 Å². The Kier molecular flexibility index (Phi) is 5.82. The lowest BCUT2D eigenvalue weighted by atomic mass is 10.2. The molecule has 1 aromatic heterocycles. The molecule has 3 rings (SSSR count). The van der Waals surface area contributed by atoms with Gasteiger partial charge in [-0.1, -0.05) is 60.7 Å². The summed E-state index contributed by atoms with van der Waals surface area (Å²) < 4.78 is 33.9. The highest BCUT2D eigenvalue weighted by molar-refractivity contribution is 7.90. The normalized spacial score (nSPS) is 11.0. The van der Waals surface area contributed by atoms with Gasteiger partial charge in [0.2, 0.25) is 0 Å². The number of nitrogens with one attached hydrogen (secondary N) is 2. The summed E-state index contributed by atoms with van der Waals surface area (Å²) in [5.74, 6) is -0.423. The number of anilines is 1. The molecule has 3 N–H and O–H groups in total. The smallest absolute Gasteiger partial charge is 0.449 e. The lowest BCUT2D eigenvalue weighted by Gasteiger charge is -2.12. The van der Waals surface area contributed by atoms with Crippen LogP contribution < -0.4 is 14.2 Å². The second-order valence-corrected chi connectivity index (χ2v) is 7.05. The van der Waals surface area contributed by atoms with Crippen molar-refractivity contribution in [2.45, 2.75) is 6.54 Å². The van der Waals surface area contributed by atoms with Crippen molar-refractivity contribution in [3.05, 3.63) is 72.4 Å². The summed E-state index contributed by atoms with van der Waals surface area (Å²) in [6, 6.07) is 17.7. The van der Waals surface area contributed by atoms with Gasteiger partial charge in [-0.25, -0.2) is 14.8 Å². The van der Waals surface area contributed by atoms with Gasteiger partial charge in [-0.05, 0) is 5.56 Å². The first-order chi connectivity index (χ1) is 13.4. The van der Waals surface area contributed by atoms with Crippen LogP contribution >= 0.6 is 0 Å². The van der Waals surface area contributed by atoms with Crippen LogP contribution in [0.1, 0.15) is 5.56 Å². The van der Waals surface area contributed by atoms with Crippen molar-refractivity contribution in [1.29, 1.82) is 0 Å². The quantitative estimate of drug-likeness (QED) is 0.520. The Labute approximate surface area is 161 Å². The molecule has 0 aliphatic rings. The van der Waals surface area contributed by atoms with Gasteiger partial charge in [0.25, 0.3) is 0 Å². The van der Waals surface area contributed by atoms with E-state index in [-0.39, 0.29) is 23.9 Å². The Bertz CT molecular complexity index is 1060. The van der Waals surface area contributed by atoms with Crippen LogP contribution in [0.2, 0.25) is 0 Å². The molecule has 144 valence electrons. The summed E-state index contributed by atoms with van der Waals surface area (Å²) in [6.07, 6.45) is -0.521. The molecule has 28 heavy (non-hydrogen) atoms. The van der Waals surface area contributed by atoms with Gasteiger partial charge < -0.3 is 9.84 Å². The van der Waals surface area contributed by atoms with Crippen LogP contribution in [0.4, 0.5) is 10.6 Å². The molecular formula is C18H16N4O5S. The minimum Gasteiger partial charge on any atom is -0.449 e. The summed E-state index contributed by atoms with van der Waals surface area (Å²) in [4.78, 5) is 19.0. The van der Waals surface area contributed by atoms with Gasteiger partial charge in [0.15, 0.2) is 17.4 Å². The maximum Gasteiger partial charge on any atom is 0.511 e. The van der Waals surface area contributed by atoms with Gasteiger partial charge in [0.05, 0.1) is 6.20 Å². The van der Waals surface area contributed by atoms with Crippen LogP contribution in [-0.4, -0.2) is 29.6 Å². The van der Waals surface area contributed by atoms with Crippen molar-refractivity contribution in [2.75, 3.05) is 4.72 Å². The SMILES string of the molecule is O=C(O)Oc1cnc(-c2ccccc2)nc1NS(=O)(=O)NCc1ccccc1. The predicted molar refractivity (Wildman–Crippen MR) is 102 cm³/mol. The number of carbonyl (C=O) groups is 1. The van der Waals surface area contributed by atoms with Gasteiger partial charge in [-0.3, -0.25) is 4.72 Å². The maximum absolute atomic E-state index is 12.4. The van der Waals surface area contributed by atoms with Crippen LogP contribution in [0.25, 0.3) is 11.4 Å². The van der Waals surface area contributed by atoms with Crippen LogP contribution in [0.3, 0.4) is 0 Å². The van der Waals surface area contributed by atoms with Crippen molar-refractivity contribution in [3.8, 4) is 17.1 Å². The van der Waals surface area contributed by atoms with E-state index >= 15 is 0 Å². The first-order valence-corrected chi connectivity index (χ1v) is 9.56. The minimum atomic E-state index is -4.05. The molecule has 0 saturated heterocycles. The van der Waals surface area contributed by atoms with E-state index in [9.17, 15) is 13.2 Å². The Hall–Kier alpha value is -3.50. The third kappa shape index (κ3) is 5.25. The molecule has 9 nitrogen and oxygen atoms in total. The first-order valence-electron chi connectivity index (χ1n) is 8.07. The van der Waals surface area contributed by atoms with Crippen molar-refractivity contribution < 1.29 is 23.1 Å². The molecule has 0 aliphatic carbocycles. The van der Waals surface area contributed by atoms with Crippen molar-refractivity contribution in [1.82, 2.24) is 14.7 Å². The van der Waals surface area contributed by atoms with Gasteiger partial charge in [-0.2, -0.15) is 13.1 Å². The summed E-state index contributed by atoms with van der Waals surface area (Å²) in [7, 11) is -4.05. The van der Waals surface area contributed by atoms with E-state index in [0.717, 1.165) is 11.8 Å². The molecule has 0 aliphatic heterocycles. The van der Waals surface area contributed by atoms with Crippen LogP contribution in [-0.2, 0) is 16.8 Å². The summed E-state index contributed by atoms with van der Waals surface area (Å²) in [5.41, 5.74) is 1.38. The summed E-state index contributed by atoms with van der Waals surface area (Å²) in [5, 5.41) is 8.86. The van der Waals surface area contributed by atoms with E-state index in [1.807, 2.05) is 12.1 Å². The molecule has 0 saturated carbocycles.